The molecule has 0 aromatic heterocycles. The van der Waals surface area contributed by atoms with E-state index in [1.807, 2.05) is 6.92 Å². The van der Waals surface area contributed by atoms with Gasteiger partial charge in [-0.15, -0.1) is 0 Å². The smallest absolute Gasteiger partial charge is 0.493 e. The fraction of sp³-hybridized carbons (Fsp3) is 0.462. The predicted molar refractivity (Wildman–Crippen MR) is 68.1 cm³/mol. The van der Waals surface area contributed by atoms with Crippen LogP contribution in [0, 0.1) is 0 Å². The first-order valence-corrected chi connectivity index (χ1v) is 7.81. The largest absolute Gasteiger partial charge is 0.501 e. The molecule has 4 nitrogen and oxygen atoms in total. The van der Waals surface area contributed by atoms with Gasteiger partial charge in [-0.2, -0.15) is 13.2 Å². The van der Waals surface area contributed by atoms with Crippen LogP contribution < -0.4 is 4.74 Å². The molecule has 0 aliphatic heterocycles. The molecule has 1 aliphatic carbocycles. The van der Waals surface area contributed by atoms with E-state index in [2.05, 4.69) is 0 Å². The van der Waals surface area contributed by atoms with Gasteiger partial charge in [-0.05, 0) is 25.0 Å². The second kappa shape index (κ2) is 5.32. The number of hydrogen-bond acceptors (Lipinski definition) is 4. The van der Waals surface area contributed by atoms with Crippen LogP contribution in [0.4, 0.5) is 13.2 Å². The van der Waals surface area contributed by atoms with E-state index < -0.39 is 26.0 Å². The zero-order valence-corrected chi connectivity index (χ0v) is 12.0. The van der Waals surface area contributed by atoms with E-state index in [0.29, 0.717) is 13.0 Å². The van der Waals surface area contributed by atoms with Crippen molar-refractivity contribution < 1.29 is 31.1 Å². The van der Waals surface area contributed by atoms with E-state index >= 15 is 0 Å². The van der Waals surface area contributed by atoms with Crippen LogP contribution in [0.5, 0.6) is 5.75 Å². The highest BCUT2D eigenvalue weighted by Crippen LogP contribution is 2.39. The van der Waals surface area contributed by atoms with Crippen molar-refractivity contribution in [1.29, 1.82) is 0 Å². The van der Waals surface area contributed by atoms with Crippen LogP contribution in [0.1, 0.15) is 35.7 Å². The van der Waals surface area contributed by atoms with Gasteiger partial charge in [-0.1, -0.05) is 6.92 Å². The van der Waals surface area contributed by atoms with Gasteiger partial charge in [0.1, 0.15) is 5.75 Å². The highest BCUT2D eigenvalue weighted by atomic mass is 32.2. The Balaban J connectivity index is 2.62. The highest BCUT2D eigenvalue weighted by Gasteiger charge is 2.49. The quantitative estimate of drug-likeness (QED) is 0.855. The summed E-state index contributed by atoms with van der Waals surface area (Å²) in [6, 6.07) is 1.99. The van der Waals surface area contributed by atoms with Crippen molar-refractivity contribution in [2.24, 2.45) is 0 Å². The van der Waals surface area contributed by atoms with Crippen molar-refractivity contribution in [2.45, 2.75) is 36.6 Å². The van der Waals surface area contributed by atoms with E-state index in [0.717, 1.165) is 6.07 Å². The van der Waals surface area contributed by atoms with Gasteiger partial charge in [0.05, 0.1) is 11.5 Å². The maximum absolute atomic E-state index is 12.7. The minimum atomic E-state index is -5.55. The van der Waals surface area contributed by atoms with Crippen molar-refractivity contribution in [3.63, 3.8) is 0 Å². The molecule has 0 spiro atoms. The molecule has 1 aromatic carbocycles. The molecule has 116 valence electrons. The lowest BCUT2D eigenvalue weighted by atomic mass is 10.1. The van der Waals surface area contributed by atoms with Gasteiger partial charge in [-0.3, -0.25) is 4.79 Å². The van der Waals surface area contributed by atoms with Gasteiger partial charge in [0, 0.05) is 17.5 Å². The number of sulfone groups is 1. The number of carbonyl (C=O) groups is 1. The summed E-state index contributed by atoms with van der Waals surface area (Å²) in [6.45, 7) is 2.19. The third-order valence-corrected chi connectivity index (χ3v) is 4.70. The summed E-state index contributed by atoms with van der Waals surface area (Å²) in [7, 11) is -5.55. The van der Waals surface area contributed by atoms with Crippen LogP contribution in [0.3, 0.4) is 0 Å². The molecule has 0 atom stereocenters. The van der Waals surface area contributed by atoms with Crippen molar-refractivity contribution >= 4 is 15.6 Å². The molecule has 1 aliphatic rings. The number of Topliss-reactive ketones (excluding diaryl/α,β-unsaturated/α-hetero) is 1. The Kier molecular flexibility index (Phi) is 4.01. The summed E-state index contributed by atoms with van der Waals surface area (Å²) in [6.07, 6.45) is 0.863. The molecule has 0 saturated heterocycles. The van der Waals surface area contributed by atoms with E-state index in [4.69, 9.17) is 4.74 Å². The third kappa shape index (κ3) is 2.64. The lowest BCUT2D eigenvalue weighted by Gasteiger charge is -2.14. The molecule has 1 aromatic rings. The summed E-state index contributed by atoms with van der Waals surface area (Å²) in [5, 5.41) is 0. The molecular formula is C13H13F3O4S. The van der Waals surface area contributed by atoms with Gasteiger partial charge in [0.25, 0.3) is 9.84 Å². The molecule has 0 amide bonds. The van der Waals surface area contributed by atoms with Gasteiger partial charge in [-0.25, -0.2) is 8.42 Å². The van der Waals surface area contributed by atoms with Crippen LogP contribution in [-0.4, -0.2) is 26.3 Å². The lowest BCUT2D eigenvalue weighted by Crippen LogP contribution is -2.25. The summed E-state index contributed by atoms with van der Waals surface area (Å²) in [5.41, 5.74) is -5.56. The maximum Gasteiger partial charge on any atom is 0.501 e. The average molecular weight is 322 g/mol. The minimum absolute atomic E-state index is 0.0117. The Morgan fingerprint density at radius 1 is 1.24 bits per heavy atom. The summed E-state index contributed by atoms with van der Waals surface area (Å²) >= 11 is 0. The second-order valence-electron chi connectivity index (χ2n) is 4.64. The lowest BCUT2D eigenvalue weighted by molar-refractivity contribution is -0.0436. The Morgan fingerprint density at radius 2 is 1.90 bits per heavy atom. The number of alkyl halides is 3. The molecule has 0 unspecified atom stereocenters. The molecule has 0 bridgehead atoms. The highest BCUT2D eigenvalue weighted by molar-refractivity contribution is 7.92. The predicted octanol–water partition coefficient (Wildman–Crippen LogP) is 2.90. The van der Waals surface area contributed by atoms with Gasteiger partial charge in [0.15, 0.2) is 5.78 Å². The molecule has 0 fully saturated rings. The molecule has 0 heterocycles. The number of hydrogen-bond donors (Lipinski definition) is 0. The van der Waals surface area contributed by atoms with Crippen LogP contribution in [0.25, 0.3) is 0 Å². The number of fused-ring (bicyclic) bond motifs is 1. The Morgan fingerprint density at radius 3 is 2.48 bits per heavy atom. The first-order valence-electron chi connectivity index (χ1n) is 6.33. The number of carbonyl (C=O) groups excluding carboxylic acids is 1. The molecule has 21 heavy (non-hydrogen) atoms. The first kappa shape index (κ1) is 15.8. The maximum atomic E-state index is 12.7. The molecular weight excluding hydrogens is 309 g/mol. The molecule has 0 radical (unpaired) electrons. The minimum Gasteiger partial charge on any atom is -0.493 e. The van der Waals surface area contributed by atoms with Crippen molar-refractivity contribution in [3.8, 4) is 5.75 Å². The second-order valence-corrected chi connectivity index (χ2v) is 6.55. The van der Waals surface area contributed by atoms with Crippen LogP contribution >= 0.6 is 0 Å². The normalized spacial score (nSPS) is 15.1. The number of halogens is 3. The average Bonchev–Trinajstić information content (AvgIpc) is 2.77. The van der Waals surface area contributed by atoms with E-state index in [9.17, 15) is 26.4 Å². The Bertz CT molecular complexity index is 677. The zero-order valence-electron chi connectivity index (χ0n) is 11.2. The van der Waals surface area contributed by atoms with Crippen LogP contribution in [-0.2, 0) is 16.3 Å². The fourth-order valence-corrected chi connectivity index (χ4v) is 3.22. The van der Waals surface area contributed by atoms with Crippen molar-refractivity contribution in [1.82, 2.24) is 0 Å². The standard InChI is InChI=1S/C13H13F3O4S/c1-2-7-20-10-5-6-11(21(18,19)13(14,15)16)12-8(10)3-4-9(12)17/h5-6H,2-4,7H2,1H3. The molecule has 0 N–H and O–H groups in total. The number of rotatable bonds is 4. The monoisotopic (exact) mass is 322 g/mol. The molecule has 8 heteroatoms. The SMILES string of the molecule is CCCOc1ccc(S(=O)(=O)C(F)(F)F)c2c1CCC2=O. The Labute approximate surface area is 119 Å². The van der Waals surface area contributed by atoms with Gasteiger partial charge >= 0.3 is 5.51 Å². The topological polar surface area (TPSA) is 60.4 Å². The zero-order chi connectivity index (χ0) is 15.8. The third-order valence-electron chi connectivity index (χ3n) is 3.17. The van der Waals surface area contributed by atoms with E-state index in [1.54, 1.807) is 0 Å². The van der Waals surface area contributed by atoms with Gasteiger partial charge in [0.2, 0.25) is 0 Å². The van der Waals surface area contributed by atoms with Crippen LogP contribution in [0.2, 0.25) is 0 Å². The van der Waals surface area contributed by atoms with E-state index in [-0.39, 0.29) is 29.7 Å². The summed E-state index contributed by atoms with van der Waals surface area (Å²) in [4.78, 5) is 10.8. The number of ketones is 1. The van der Waals surface area contributed by atoms with Crippen molar-refractivity contribution in [3.05, 3.63) is 23.3 Å². The first-order chi connectivity index (χ1) is 9.70. The van der Waals surface area contributed by atoms with Gasteiger partial charge < -0.3 is 4.74 Å². The van der Waals surface area contributed by atoms with E-state index in [1.165, 1.54) is 6.07 Å². The summed E-state index contributed by atoms with van der Waals surface area (Å²) < 4.78 is 66.6. The number of ether oxygens (including phenoxy) is 1. The summed E-state index contributed by atoms with van der Waals surface area (Å²) in [5.74, 6) is -0.325. The fourth-order valence-electron chi connectivity index (χ4n) is 2.22. The van der Waals surface area contributed by atoms with Crippen LogP contribution in [0.15, 0.2) is 17.0 Å². The Hall–Kier alpha value is -1.57. The molecule has 2 rings (SSSR count). The number of benzene rings is 1. The molecule has 0 saturated carbocycles. The van der Waals surface area contributed by atoms with Crippen molar-refractivity contribution in [2.75, 3.05) is 6.61 Å².